The minimum atomic E-state index is -4.99. The lowest BCUT2D eigenvalue weighted by atomic mass is 9.84. The van der Waals surface area contributed by atoms with Crippen LogP contribution in [0.1, 0.15) is 30.4 Å². The number of carbonyl (C=O) groups is 3. The third kappa shape index (κ3) is 7.11. The van der Waals surface area contributed by atoms with Crippen molar-refractivity contribution in [2.45, 2.75) is 37.8 Å². The number of likely N-dealkylation sites (N-methyl/N-ethyl adjacent to an activating group) is 1. The van der Waals surface area contributed by atoms with E-state index in [1.165, 1.54) is 11.9 Å². The zero-order valence-corrected chi connectivity index (χ0v) is 20.0. The number of anilines is 1. The highest BCUT2D eigenvalue weighted by Gasteiger charge is 2.44. The minimum Gasteiger partial charge on any atom is -0.369 e. The zero-order chi connectivity index (χ0) is 28.3. The van der Waals surface area contributed by atoms with Crippen LogP contribution in [-0.2, 0) is 14.4 Å². The van der Waals surface area contributed by atoms with Crippen LogP contribution in [0, 0.1) is 11.8 Å². The van der Waals surface area contributed by atoms with Gasteiger partial charge in [-0.05, 0) is 12.5 Å². The summed E-state index contributed by atoms with van der Waals surface area (Å²) in [4.78, 5) is 43.8. The number of primary amides is 1. The fraction of sp³-hybridized carbons (Fsp3) is 0.360. The molecule has 1 aliphatic heterocycles. The van der Waals surface area contributed by atoms with Gasteiger partial charge in [0.05, 0.1) is 29.7 Å². The van der Waals surface area contributed by atoms with E-state index in [9.17, 15) is 40.7 Å². The molecule has 3 rings (SSSR count). The normalized spacial score (nSPS) is 17.7. The van der Waals surface area contributed by atoms with Crippen LogP contribution >= 0.6 is 0 Å². The van der Waals surface area contributed by atoms with Gasteiger partial charge in [0.25, 0.3) is 5.91 Å². The Labute approximate surface area is 213 Å². The molecule has 3 N–H and O–H groups in total. The number of aliphatic imine (C=N–C) groups is 1. The van der Waals surface area contributed by atoms with Crippen LogP contribution in [0.25, 0.3) is 0 Å². The molecule has 2 aromatic rings. The van der Waals surface area contributed by atoms with Crippen LogP contribution in [0.3, 0.4) is 0 Å². The van der Waals surface area contributed by atoms with Crippen molar-refractivity contribution >= 4 is 29.1 Å². The molecule has 0 saturated carbocycles. The predicted molar refractivity (Wildman–Crippen MR) is 126 cm³/mol. The van der Waals surface area contributed by atoms with Gasteiger partial charge in [0.15, 0.2) is 0 Å². The molecule has 13 heteroatoms. The van der Waals surface area contributed by atoms with Gasteiger partial charge >= 0.3 is 12.4 Å². The van der Waals surface area contributed by atoms with Crippen molar-refractivity contribution in [2.75, 3.05) is 11.9 Å². The number of halogens is 6. The van der Waals surface area contributed by atoms with E-state index in [1.54, 1.807) is 54.6 Å². The molecule has 0 spiro atoms. The van der Waals surface area contributed by atoms with Crippen molar-refractivity contribution < 1.29 is 40.7 Å². The van der Waals surface area contributed by atoms with E-state index in [4.69, 9.17) is 5.73 Å². The molecule has 0 fully saturated rings. The van der Waals surface area contributed by atoms with E-state index in [0.717, 1.165) is 0 Å². The summed E-state index contributed by atoms with van der Waals surface area (Å²) < 4.78 is 78.2. The van der Waals surface area contributed by atoms with E-state index >= 15 is 0 Å². The van der Waals surface area contributed by atoms with Crippen molar-refractivity contribution in [3.05, 3.63) is 65.7 Å². The third-order valence-corrected chi connectivity index (χ3v) is 6.05. The number of benzene rings is 2. The van der Waals surface area contributed by atoms with Crippen LogP contribution < -0.4 is 16.0 Å². The minimum absolute atomic E-state index is 0.262. The topological polar surface area (TPSA) is 105 Å². The summed E-state index contributed by atoms with van der Waals surface area (Å²) in [5.74, 6) is -8.16. The molecule has 3 atom stereocenters. The van der Waals surface area contributed by atoms with E-state index in [1.807, 2.05) is 0 Å². The smallest absolute Gasteiger partial charge is 0.369 e. The molecule has 1 heterocycles. The van der Waals surface area contributed by atoms with Crippen molar-refractivity contribution in [3.8, 4) is 0 Å². The van der Waals surface area contributed by atoms with E-state index in [0.29, 0.717) is 16.8 Å². The quantitative estimate of drug-likeness (QED) is 0.494. The molecule has 7 nitrogen and oxygen atoms in total. The van der Waals surface area contributed by atoms with Crippen molar-refractivity contribution in [3.63, 3.8) is 0 Å². The molecule has 2 aromatic carbocycles. The number of rotatable bonds is 8. The van der Waals surface area contributed by atoms with Gasteiger partial charge in [-0.3, -0.25) is 14.4 Å². The van der Waals surface area contributed by atoms with Gasteiger partial charge in [0, 0.05) is 24.6 Å². The van der Waals surface area contributed by atoms with E-state index in [2.05, 4.69) is 10.3 Å². The molecule has 0 aliphatic carbocycles. The highest BCUT2D eigenvalue weighted by atomic mass is 19.4. The lowest BCUT2D eigenvalue weighted by molar-refractivity contribution is -0.164. The summed E-state index contributed by atoms with van der Waals surface area (Å²) in [6.45, 7) is 0. The van der Waals surface area contributed by atoms with Crippen LogP contribution in [0.15, 0.2) is 59.6 Å². The van der Waals surface area contributed by atoms with Crippen molar-refractivity contribution in [1.82, 2.24) is 5.32 Å². The SMILES string of the molecule is CN1C(=O)[C@@H](NC(=O)C(CCC(F)(F)F)C(CC(F)(F)F)C(N)=O)N=C(c2ccccc2)c2ccccc21. The number of hydrogen-bond acceptors (Lipinski definition) is 4. The van der Waals surface area contributed by atoms with Gasteiger partial charge in [-0.25, -0.2) is 4.99 Å². The first-order valence-corrected chi connectivity index (χ1v) is 11.4. The Bertz CT molecular complexity index is 1210. The maximum Gasteiger partial charge on any atom is 0.389 e. The van der Waals surface area contributed by atoms with Gasteiger partial charge < -0.3 is 16.0 Å². The summed E-state index contributed by atoms with van der Waals surface area (Å²) in [6.07, 6.45) is -16.2. The molecule has 0 saturated heterocycles. The molecule has 1 aliphatic rings. The van der Waals surface area contributed by atoms with Gasteiger partial charge in [0.2, 0.25) is 18.0 Å². The molecule has 0 bridgehead atoms. The summed E-state index contributed by atoms with van der Waals surface area (Å²) in [6, 6.07) is 15.1. The number of carbonyl (C=O) groups excluding carboxylic acids is 3. The first-order valence-electron chi connectivity index (χ1n) is 11.4. The Morgan fingerprint density at radius 2 is 1.58 bits per heavy atom. The van der Waals surface area contributed by atoms with Crippen LogP contribution in [-0.4, -0.2) is 49.0 Å². The fourth-order valence-electron chi connectivity index (χ4n) is 4.21. The second-order valence-corrected chi connectivity index (χ2v) is 8.76. The Kier molecular flexibility index (Phi) is 8.48. The number of alkyl halides is 6. The standard InChI is InChI=1S/C25H24F6N4O3/c1-35-18-10-6-5-9-16(18)19(14-7-3-2-4-8-14)33-21(23(35)38)34-22(37)15(11-12-24(26,27)28)17(20(32)36)13-25(29,30)31/h2-10,15,17,21H,11-13H2,1H3,(H2,32,36)(H,34,37)/t15?,17?,21-/m1/s1. The number of para-hydroxylation sites is 1. The van der Waals surface area contributed by atoms with E-state index in [-0.39, 0.29) is 5.71 Å². The first-order chi connectivity index (χ1) is 17.7. The van der Waals surface area contributed by atoms with Crippen LogP contribution in [0.5, 0.6) is 0 Å². The number of hydrogen-bond donors (Lipinski definition) is 2. The lowest BCUT2D eigenvalue weighted by Gasteiger charge is -2.27. The molecule has 2 unspecified atom stereocenters. The molecular weight excluding hydrogens is 518 g/mol. The number of benzodiazepines with no additional fused rings is 1. The monoisotopic (exact) mass is 542 g/mol. The average Bonchev–Trinajstić information content (AvgIpc) is 2.93. The fourth-order valence-corrected chi connectivity index (χ4v) is 4.21. The molecular formula is C25H24F6N4O3. The zero-order valence-electron chi connectivity index (χ0n) is 20.0. The van der Waals surface area contributed by atoms with Crippen molar-refractivity contribution in [2.24, 2.45) is 22.6 Å². The van der Waals surface area contributed by atoms with Crippen LogP contribution in [0.2, 0.25) is 0 Å². The summed E-state index contributed by atoms with van der Waals surface area (Å²) >= 11 is 0. The van der Waals surface area contributed by atoms with E-state index < -0.39 is 67.3 Å². The number of fused-ring (bicyclic) bond motifs is 1. The second-order valence-electron chi connectivity index (χ2n) is 8.76. The number of nitrogens with one attached hydrogen (secondary N) is 1. The van der Waals surface area contributed by atoms with Gasteiger partial charge in [-0.15, -0.1) is 0 Å². The molecule has 38 heavy (non-hydrogen) atoms. The van der Waals surface area contributed by atoms with Gasteiger partial charge in [-0.2, -0.15) is 26.3 Å². The summed E-state index contributed by atoms with van der Waals surface area (Å²) in [5.41, 5.74) is 6.81. The van der Waals surface area contributed by atoms with Gasteiger partial charge in [0.1, 0.15) is 0 Å². The average molecular weight is 542 g/mol. The molecule has 0 aromatic heterocycles. The number of nitrogens with zero attached hydrogens (tertiary/aromatic N) is 2. The second kappa shape index (κ2) is 11.2. The Hall–Kier alpha value is -3.90. The molecule has 3 amide bonds. The van der Waals surface area contributed by atoms with Crippen molar-refractivity contribution in [1.29, 1.82) is 0 Å². The third-order valence-electron chi connectivity index (χ3n) is 6.05. The Balaban J connectivity index is 2.03. The highest BCUT2D eigenvalue weighted by Crippen LogP contribution is 2.34. The number of amides is 3. The predicted octanol–water partition coefficient (Wildman–Crippen LogP) is 3.96. The Morgan fingerprint density at radius 1 is 0.974 bits per heavy atom. The maximum absolute atomic E-state index is 13.2. The largest absolute Gasteiger partial charge is 0.389 e. The molecule has 204 valence electrons. The Morgan fingerprint density at radius 3 is 2.16 bits per heavy atom. The summed E-state index contributed by atoms with van der Waals surface area (Å²) in [7, 11) is 1.39. The highest BCUT2D eigenvalue weighted by molar-refractivity contribution is 6.20. The lowest BCUT2D eigenvalue weighted by Crippen LogP contribution is -2.50. The molecule has 0 radical (unpaired) electrons. The van der Waals surface area contributed by atoms with Gasteiger partial charge in [-0.1, -0.05) is 48.5 Å². The van der Waals surface area contributed by atoms with Crippen LogP contribution in [0.4, 0.5) is 32.0 Å². The number of nitrogens with two attached hydrogens (primary N) is 1. The first kappa shape index (κ1) is 28.7. The maximum atomic E-state index is 13.2. The summed E-state index contributed by atoms with van der Waals surface area (Å²) in [5, 5.41) is 2.17.